The Bertz CT molecular complexity index is 3490. The molecule has 0 saturated heterocycles. The Morgan fingerprint density at radius 1 is 0.271 bits per heavy atom. The Kier molecular flexibility index (Phi) is 84.5. The first kappa shape index (κ1) is 132. The summed E-state index contributed by atoms with van der Waals surface area (Å²) in [7, 11) is 0. The summed E-state index contributed by atoms with van der Waals surface area (Å²) >= 11 is 1.79. The molecular weight excluding hydrogens is 1980 g/mol. The summed E-state index contributed by atoms with van der Waals surface area (Å²) in [5.41, 5.74) is 6.21. The van der Waals surface area contributed by atoms with E-state index in [0.29, 0.717) is 83.7 Å². The summed E-state index contributed by atoms with van der Waals surface area (Å²) in [6.07, 6.45) is 46.0. The standard InChI is InChI=1S/C102H182IN13O28/c103-116-86(102(135)136)38-34-36-56-110-99(130)83(113-87(104)75-141-69-65-139-63-59-108-93(122)77-143-71-66-137-61-57-106-90(119)53-51-84(100(131)132)114-97(128)81-47-43-79(44-48-81)73-111-88(117)39-29-25-21-17-13-9-5-1-3-7-11-15-19-23-27-31-41-95(124)125)37-33-35-55-105-92(121)76-142-70-68-140-64-60-109-94(123)78-144-72-67-138-62-58-107-91(120)54-52-85(101(133)134)115-98(129)82-49-45-80(46-50-82)74-112-89(118)40-30-26-22-18-14-10-6-2-4-8-12-16-20-24-28-32-42-96(126)127/h79-86,116H,1-78H2,(H2,104,113)(H,105,121)(H,106,119)(H,107,120)(H,108,122)(H,109,123)(H,110,130)(H,111,117)(H,112,118)(H,114,128)(H,115,129)(H,124,125)(H,126,127)(H,131,132)(H,133,134)(H,135,136)/t79?,80?,81?,82?,83-,84-,85-,86-/m0/s1. The molecule has 0 bridgehead atoms. The number of unbranched alkanes of at least 4 members (excludes halogenated alkanes) is 32. The number of amidine groups is 1. The maximum absolute atomic E-state index is 13.4. The number of carboxylic acids is 5. The molecule has 830 valence electrons. The van der Waals surface area contributed by atoms with Crippen molar-refractivity contribution in [1.29, 1.82) is 0 Å². The normalized spacial score (nSPS) is 15.5. The molecule has 41 nitrogen and oxygen atoms in total. The number of nitrogens with one attached hydrogen (secondary N) is 11. The Morgan fingerprint density at radius 3 is 0.854 bits per heavy atom. The molecule has 0 aromatic rings. The zero-order valence-electron chi connectivity index (χ0n) is 86.3. The highest BCUT2D eigenvalue weighted by atomic mass is 127. The summed E-state index contributed by atoms with van der Waals surface area (Å²) in [6, 6.07) is -4.07. The molecule has 0 unspecified atom stereocenters. The number of amides is 10. The van der Waals surface area contributed by atoms with Gasteiger partial charge in [-0.1, -0.05) is 180 Å². The predicted molar refractivity (Wildman–Crippen MR) is 552 cm³/mol. The minimum Gasteiger partial charge on any atom is -0.481 e. The first-order valence-electron chi connectivity index (χ1n) is 53.9. The maximum atomic E-state index is 13.4. The van der Waals surface area contributed by atoms with Gasteiger partial charge in [0.1, 0.15) is 56.4 Å². The summed E-state index contributed by atoms with van der Waals surface area (Å²) in [5, 5.41) is 74.2. The number of nitrogens with zero attached hydrogens (tertiary/aromatic N) is 1. The molecule has 0 heterocycles. The lowest BCUT2D eigenvalue weighted by atomic mass is 9.81. The van der Waals surface area contributed by atoms with E-state index in [1.807, 2.05) is 0 Å². The maximum Gasteiger partial charge on any atom is 0.326 e. The van der Waals surface area contributed by atoms with E-state index in [-0.39, 0.29) is 267 Å². The lowest BCUT2D eigenvalue weighted by molar-refractivity contribution is -0.143. The van der Waals surface area contributed by atoms with Crippen LogP contribution in [0.3, 0.4) is 0 Å². The highest BCUT2D eigenvalue weighted by Gasteiger charge is 2.33. The topological polar surface area (TPSA) is 602 Å². The molecule has 0 radical (unpaired) electrons. The monoisotopic (exact) mass is 2160 g/mol. The van der Waals surface area contributed by atoms with Gasteiger partial charge < -0.3 is 122 Å². The number of aliphatic imine (C=N–C) groups is 1. The Labute approximate surface area is 868 Å². The van der Waals surface area contributed by atoms with Crippen molar-refractivity contribution in [2.24, 2.45) is 34.4 Å². The van der Waals surface area contributed by atoms with Crippen molar-refractivity contribution >= 4 is 118 Å². The van der Waals surface area contributed by atoms with E-state index in [1.54, 1.807) is 22.9 Å². The predicted octanol–water partition coefficient (Wildman–Crippen LogP) is 10.0. The van der Waals surface area contributed by atoms with Gasteiger partial charge in [-0.2, -0.15) is 0 Å². The summed E-state index contributed by atoms with van der Waals surface area (Å²) in [6.45, 7) is 3.17. The van der Waals surface area contributed by atoms with Gasteiger partial charge in [0.2, 0.25) is 59.1 Å². The van der Waals surface area contributed by atoms with E-state index in [1.165, 1.54) is 128 Å². The molecule has 10 amide bonds. The Morgan fingerprint density at radius 2 is 0.542 bits per heavy atom. The number of nitrogens with two attached hydrogens (primary N) is 1. The van der Waals surface area contributed by atoms with E-state index in [9.17, 15) is 87.2 Å². The number of hydrogen-bond donors (Lipinski definition) is 17. The number of hydrogen-bond acceptors (Lipinski definition) is 25. The molecule has 0 spiro atoms. The molecule has 2 saturated carbocycles. The fourth-order valence-electron chi connectivity index (χ4n) is 16.8. The highest BCUT2D eigenvalue weighted by Crippen LogP contribution is 2.31. The SMILES string of the molecule is NC(COCCOCCNC(=O)COCCOCCNC(=O)CC[C@H](NC(=O)C1CCC(CNC(=O)CCCCCCCCCCCCCCCCCCC(=O)O)CC1)C(=O)O)=N[C@@H](CCCCNC(=O)COCCOCCNC(=O)COCCOCCNC(=O)CC[C@H](NC(=O)C1CCC(CNC(=O)CCCCCCCCCCCCCCCCCCC(=O)O)CC1)C(=O)O)C(=O)NCCCC[C@H](NI)C(=O)O. The number of carbonyl (C=O) groups excluding carboxylic acids is 10. The average molecular weight is 2170 g/mol. The first-order chi connectivity index (χ1) is 69.8. The van der Waals surface area contributed by atoms with Crippen LogP contribution in [-0.4, -0.2) is 303 Å². The second kappa shape index (κ2) is 92.3. The molecule has 42 heteroatoms. The number of ether oxygens (including phenoxy) is 8. The van der Waals surface area contributed by atoms with E-state index in [0.717, 1.165) is 103 Å². The lowest BCUT2D eigenvalue weighted by Gasteiger charge is -2.28. The van der Waals surface area contributed by atoms with Crippen molar-refractivity contribution in [3.63, 3.8) is 0 Å². The van der Waals surface area contributed by atoms with E-state index >= 15 is 0 Å². The molecule has 2 fully saturated rings. The molecule has 0 aromatic heterocycles. The number of halogens is 1. The smallest absolute Gasteiger partial charge is 0.326 e. The van der Waals surface area contributed by atoms with Crippen molar-refractivity contribution in [3.05, 3.63) is 0 Å². The van der Waals surface area contributed by atoms with Crippen LogP contribution in [0.5, 0.6) is 0 Å². The van der Waals surface area contributed by atoms with Gasteiger partial charge in [0, 0.05) is 126 Å². The molecular formula is C102H182IN13O28. The second-order valence-electron chi connectivity index (χ2n) is 37.8. The van der Waals surface area contributed by atoms with Crippen LogP contribution in [0.15, 0.2) is 4.99 Å². The molecule has 0 aliphatic heterocycles. The summed E-state index contributed by atoms with van der Waals surface area (Å²) in [4.78, 5) is 188. The number of rotatable bonds is 100. The van der Waals surface area contributed by atoms with Crippen molar-refractivity contribution < 1.29 is 135 Å². The molecule has 18 N–H and O–H groups in total. The van der Waals surface area contributed by atoms with Crippen LogP contribution >= 0.6 is 22.9 Å². The zero-order valence-corrected chi connectivity index (χ0v) is 88.5. The van der Waals surface area contributed by atoms with Gasteiger partial charge in [0.25, 0.3) is 0 Å². The van der Waals surface area contributed by atoms with Gasteiger partial charge in [-0.25, -0.2) is 13.1 Å². The second-order valence-corrected chi connectivity index (χ2v) is 38.5. The molecule has 2 aliphatic carbocycles. The van der Waals surface area contributed by atoms with Crippen LogP contribution < -0.4 is 62.4 Å². The Balaban J connectivity index is 1.47. The van der Waals surface area contributed by atoms with Crippen LogP contribution in [0.4, 0.5) is 0 Å². The number of carbonyl (C=O) groups is 15. The minimum atomic E-state index is -1.23. The Hall–Kier alpha value is -8.11. The molecule has 0 aromatic carbocycles. The minimum absolute atomic E-state index is 0.0485. The van der Waals surface area contributed by atoms with E-state index in [2.05, 4.69) is 61.7 Å². The number of aliphatic carboxylic acids is 5. The molecule has 2 aliphatic rings. The molecule has 144 heavy (non-hydrogen) atoms. The van der Waals surface area contributed by atoms with Crippen molar-refractivity contribution in [1.82, 2.24) is 56.7 Å². The fraction of sp³-hybridized carbons (Fsp3) is 0.843. The van der Waals surface area contributed by atoms with E-state index in [4.69, 9.17) is 53.8 Å². The lowest BCUT2D eigenvalue weighted by Crippen LogP contribution is -2.45. The van der Waals surface area contributed by atoms with Gasteiger partial charge >= 0.3 is 29.8 Å². The van der Waals surface area contributed by atoms with Gasteiger partial charge in [-0.3, -0.25) is 67.3 Å². The highest BCUT2D eigenvalue weighted by molar-refractivity contribution is 14.1. The molecule has 2 rings (SSSR count). The van der Waals surface area contributed by atoms with Crippen LogP contribution in [0, 0.1) is 23.7 Å². The summed E-state index contributed by atoms with van der Waals surface area (Å²) in [5.74, 6) is -7.90. The van der Waals surface area contributed by atoms with Crippen LogP contribution in [-0.2, 0) is 110 Å². The summed E-state index contributed by atoms with van der Waals surface area (Å²) < 4.78 is 46.5. The first-order valence-corrected chi connectivity index (χ1v) is 55.0. The van der Waals surface area contributed by atoms with Gasteiger partial charge in [0.15, 0.2) is 0 Å². The van der Waals surface area contributed by atoms with Crippen molar-refractivity contribution in [2.45, 2.75) is 371 Å². The quantitative estimate of drug-likeness (QED) is 0.00884. The van der Waals surface area contributed by atoms with Crippen molar-refractivity contribution in [2.75, 3.05) is 158 Å². The third kappa shape index (κ3) is 80.0. The van der Waals surface area contributed by atoms with Crippen LogP contribution in [0.2, 0.25) is 0 Å². The van der Waals surface area contributed by atoms with Crippen LogP contribution in [0.25, 0.3) is 0 Å². The molecule has 4 atom stereocenters. The van der Waals surface area contributed by atoms with Gasteiger partial charge in [-0.15, -0.1) is 0 Å². The fourth-order valence-corrected chi connectivity index (χ4v) is 17.4. The third-order valence-electron chi connectivity index (χ3n) is 25.5. The van der Waals surface area contributed by atoms with Crippen molar-refractivity contribution in [3.8, 4) is 0 Å². The zero-order chi connectivity index (χ0) is 105. The average Bonchev–Trinajstić information content (AvgIpc) is 0.870. The van der Waals surface area contributed by atoms with Gasteiger partial charge in [0.05, 0.1) is 79.3 Å². The number of carboxylic acid groups (broad SMARTS) is 5. The third-order valence-corrected chi connectivity index (χ3v) is 26.2. The van der Waals surface area contributed by atoms with E-state index < -0.39 is 65.8 Å². The largest absolute Gasteiger partial charge is 0.481 e. The van der Waals surface area contributed by atoms with Crippen LogP contribution in [0.1, 0.15) is 347 Å². The van der Waals surface area contributed by atoms with Gasteiger partial charge in [-0.05, 0) is 140 Å².